The number of hydrogen-bond acceptors (Lipinski definition) is 7. The average molecular weight is 442 g/mol. The molecule has 0 unspecified atom stereocenters. The molecule has 3 aromatic carbocycles. The van der Waals surface area contributed by atoms with Crippen LogP contribution in [-0.2, 0) is 20.2 Å². The summed E-state index contributed by atoms with van der Waals surface area (Å²) in [7, 11) is -9.22. The van der Waals surface area contributed by atoms with Crippen LogP contribution in [0.15, 0.2) is 63.2 Å². The van der Waals surface area contributed by atoms with Gasteiger partial charge in [0.2, 0.25) is 0 Å². The molecule has 0 aromatic heterocycles. The van der Waals surface area contributed by atoms with Crippen LogP contribution in [0.25, 0.3) is 10.8 Å². The lowest BCUT2D eigenvalue weighted by Gasteiger charge is -2.12. The zero-order chi connectivity index (χ0) is 20.7. The van der Waals surface area contributed by atoms with Gasteiger partial charge >= 0.3 is 0 Å². The topological polar surface area (TPSA) is 144 Å². The second-order valence-corrected chi connectivity index (χ2v) is 9.58. The minimum Gasteiger partial charge on any atom is -0.420 e. The highest BCUT2D eigenvalue weighted by atomic mass is 32.2. The SMILES string of the molecule is Cc1ccc(SOc2cc(S(=O)(=O)O)cc3cc(S(=O)(=O)O)c(N)cc23)cc1. The van der Waals surface area contributed by atoms with Gasteiger partial charge in [0.15, 0.2) is 0 Å². The van der Waals surface area contributed by atoms with E-state index in [1.165, 1.54) is 6.07 Å². The van der Waals surface area contributed by atoms with Crippen molar-refractivity contribution < 1.29 is 30.1 Å². The Hall–Kier alpha value is -2.31. The van der Waals surface area contributed by atoms with Crippen LogP contribution in [0.4, 0.5) is 5.69 Å². The van der Waals surface area contributed by atoms with Crippen LogP contribution in [0.3, 0.4) is 0 Å². The van der Waals surface area contributed by atoms with Crippen molar-refractivity contribution in [3.8, 4) is 5.75 Å². The van der Waals surface area contributed by atoms with E-state index in [1.54, 1.807) is 12.1 Å². The Bertz CT molecular complexity index is 1270. The molecule has 28 heavy (non-hydrogen) atoms. The Morgan fingerprint density at radius 1 is 0.929 bits per heavy atom. The minimum atomic E-state index is -4.63. The fraction of sp³-hybridized carbons (Fsp3) is 0.0588. The van der Waals surface area contributed by atoms with Crippen molar-refractivity contribution in [2.45, 2.75) is 21.6 Å². The van der Waals surface area contributed by atoms with E-state index in [9.17, 15) is 25.9 Å². The summed E-state index contributed by atoms with van der Waals surface area (Å²) in [6.45, 7) is 1.92. The van der Waals surface area contributed by atoms with Gasteiger partial charge < -0.3 is 9.92 Å². The molecule has 0 heterocycles. The molecule has 3 rings (SSSR count). The molecule has 148 valence electrons. The predicted octanol–water partition coefficient (Wildman–Crippen LogP) is 3.31. The molecule has 0 radical (unpaired) electrons. The number of aryl methyl sites for hydroxylation is 1. The fourth-order valence-electron chi connectivity index (χ4n) is 2.48. The van der Waals surface area contributed by atoms with Gasteiger partial charge in [-0.05, 0) is 42.6 Å². The quantitative estimate of drug-likeness (QED) is 0.308. The molecule has 0 spiro atoms. The maximum absolute atomic E-state index is 11.6. The van der Waals surface area contributed by atoms with E-state index in [4.69, 9.17) is 9.92 Å². The highest BCUT2D eigenvalue weighted by Gasteiger charge is 2.20. The summed E-state index contributed by atoms with van der Waals surface area (Å²) in [5.41, 5.74) is 6.53. The Morgan fingerprint density at radius 2 is 1.57 bits per heavy atom. The summed E-state index contributed by atoms with van der Waals surface area (Å²) < 4.78 is 70.4. The third-order valence-electron chi connectivity index (χ3n) is 3.84. The van der Waals surface area contributed by atoms with Gasteiger partial charge in [0.05, 0.1) is 22.6 Å². The number of fused-ring (bicyclic) bond motifs is 1. The smallest absolute Gasteiger partial charge is 0.296 e. The van der Waals surface area contributed by atoms with E-state index < -0.39 is 30.0 Å². The Morgan fingerprint density at radius 3 is 2.14 bits per heavy atom. The number of nitrogen functional groups attached to an aromatic ring is 1. The zero-order valence-corrected chi connectivity index (χ0v) is 16.8. The second-order valence-electron chi connectivity index (χ2n) is 5.96. The highest BCUT2D eigenvalue weighted by molar-refractivity contribution is 7.95. The minimum absolute atomic E-state index is 0.0456. The maximum atomic E-state index is 11.6. The summed E-state index contributed by atoms with van der Waals surface area (Å²) in [6, 6.07) is 11.8. The summed E-state index contributed by atoms with van der Waals surface area (Å²) >= 11 is 0.947. The summed E-state index contributed by atoms with van der Waals surface area (Å²) in [4.78, 5) is -0.339. The third kappa shape index (κ3) is 4.39. The molecule has 0 amide bonds. The molecule has 0 aliphatic carbocycles. The number of hydrogen-bond donors (Lipinski definition) is 3. The van der Waals surface area contributed by atoms with Crippen molar-refractivity contribution >= 4 is 48.7 Å². The molecule has 0 fully saturated rings. The molecule has 0 saturated carbocycles. The van der Waals surface area contributed by atoms with Gasteiger partial charge in [0.25, 0.3) is 20.2 Å². The number of benzene rings is 3. The summed E-state index contributed by atoms with van der Waals surface area (Å²) in [5, 5.41) is 0.397. The Kier molecular flexibility index (Phi) is 5.30. The molecule has 0 saturated heterocycles. The van der Waals surface area contributed by atoms with Crippen LogP contribution in [0.1, 0.15) is 5.56 Å². The van der Waals surface area contributed by atoms with Crippen molar-refractivity contribution in [2.24, 2.45) is 0 Å². The molecule has 4 N–H and O–H groups in total. The number of rotatable bonds is 5. The van der Waals surface area contributed by atoms with E-state index >= 15 is 0 Å². The average Bonchev–Trinajstić information content (AvgIpc) is 2.58. The van der Waals surface area contributed by atoms with E-state index in [0.29, 0.717) is 5.39 Å². The van der Waals surface area contributed by atoms with Crippen LogP contribution in [0, 0.1) is 6.92 Å². The standard InChI is InChI=1S/C17H15NO7S3/c1-10-2-4-12(5-3-10)26-25-16-8-13(27(19,20)21)6-11-7-17(28(22,23)24)15(18)9-14(11)16/h2-9H,18H2,1H3,(H,19,20,21)(H,22,23,24). The van der Waals surface area contributed by atoms with Gasteiger partial charge in [0, 0.05) is 16.3 Å². The number of nitrogens with two attached hydrogens (primary N) is 1. The lowest BCUT2D eigenvalue weighted by molar-refractivity contribution is 0.481. The molecule has 0 atom stereocenters. The zero-order valence-electron chi connectivity index (χ0n) is 14.4. The van der Waals surface area contributed by atoms with E-state index in [1.807, 2.05) is 19.1 Å². The van der Waals surface area contributed by atoms with Crippen LogP contribution in [0.2, 0.25) is 0 Å². The van der Waals surface area contributed by atoms with Crippen molar-refractivity contribution in [3.05, 3.63) is 54.1 Å². The predicted molar refractivity (Wildman–Crippen MR) is 106 cm³/mol. The maximum Gasteiger partial charge on any atom is 0.296 e. The van der Waals surface area contributed by atoms with Gasteiger partial charge in [-0.3, -0.25) is 9.11 Å². The third-order valence-corrected chi connectivity index (χ3v) is 6.31. The first-order chi connectivity index (χ1) is 12.9. The van der Waals surface area contributed by atoms with Crippen molar-refractivity contribution in [1.29, 1.82) is 0 Å². The highest BCUT2D eigenvalue weighted by Crippen LogP contribution is 2.37. The molecular formula is C17H15NO7S3. The van der Waals surface area contributed by atoms with Gasteiger partial charge in [-0.1, -0.05) is 17.7 Å². The molecule has 0 aliphatic rings. The van der Waals surface area contributed by atoms with Crippen molar-refractivity contribution in [1.82, 2.24) is 0 Å². The Balaban J connectivity index is 2.16. The normalized spacial score (nSPS) is 12.2. The first-order valence-corrected chi connectivity index (χ1v) is 11.3. The second kappa shape index (κ2) is 7.26. The van der Waals surface area contributed by atoms with Crippen LogP contribution >= 0.6 is 12.0 Å². The lowest BCUT2D eigenvalue weighted by atomic mass is 10.1. The van der Waals surface area contributed by atoms with E-state index in [2.05, 4.69) is 0 Å². The largest absolute Gasteiger partial charge is 0.420 e. The lowest BCUT2D eigenvalue weighted by Crippen LogP contribution is -2.04. The van der Waals surface area contributed by atoms with Gasteiger partial charge in [-0.25, -0.2) is 0 Å². The van der Waals surface area contributed by atoms with Gasteiger partial charge in [-0.15, -0.1) is 0 Å². The molecule has 3 aromatic rings. The summed E-state index contributed by atoms with van der Waals surface area (Å²) in [6.07, 6.45) is 0. The molecule has 11 heteroatoms. The van der Waals surface area contributed by atoms with E-state index in [-0.39, 0.29) is 16.8 Å². The molecule has 8 nitrogen and oxygen atoms in total. The molecule has 0 aliphatic heterocycles. The van der Waals surface area contributed by atoms with Crippen molar-refractivity contribution in [2.75, 3.05) is 5.73 Å². The molecule has 0 bridgehead atoms. The van der Waals surface area contributed by atoms with Gasteiger partial charge in [-0.2, -0.15) is 16.8 Å². The van der Waals surface area contributed by atoms with Gasteiger partial charge in [0.1, 0.15) is 10.6 Å². The van der Waals surface area contributed by atoms with Crippen molar-refractivity contribution in [3.63, 3.8) is 0 Å². The van der Waals surface area contributed by atoms with Crippen LogP contribution < -0.4 is 9.92 Å². The van der Waals surface area contributed by atoms with E-state index in [0.717, 1.165) is 40.7 Å². The fourth-order valence-corrected chi connectivity index (χ4v) is 4.21. The Labute approximate surface area is 166 Å². The van der Waals surface area contributed by atoms with Crippen LogP contribution in [0.5, 0.6) is 5.75 Å². The van der Waals surface area contributed by atoms with Crippen LogP contribution in [-0.4, -0.2) is 25.9 Å². The summed E-state index contributed by atoms with van der Waals surface area (Å²) in [5.74, 6) is 0.0456. The first kappa shape index (κ1) is 20.4. The molecular weight excluding hydrogens is 426 g/mol. The first-order valence-electron chi connectivity index (χ1n) is 7.68. The number of anilines is 1. The monoisotopic (exact) mass is 441 g/mol.